The summed E-state index contributed by atoms with van der Waals surface area (Å²) in [6.07, 6.45) is 4.54. The summed E-state index contributed by atoms with van der Waals surface area (Å²) in [6, 6.07) is 7.89. The van der Waals surface area contributed by atoms with Gasteiger partial charge in [-0.05, 0) is 43.7 Å². The molecule has 0 bridgehead atoms. The number of fused-ring (bicyclic) bond motifs is 1. The van der Waals surface area contributed by atoms with Gasteiger partial charge in [-0.2, -0.15) is 0 Å². The maximum Gasteiger partial charge on any atom is 0.317 e. The molecule has 1 aliphatic heterocycles. The number of oxazole rings is 1. The smallest absolute Gasteiger partial charge is 0.317 e. The van der Waals surface area contributed by atoms with Gasteiger partial charge >= 0.3 is 6.03 Å². The number of likely N-dealkylation sites (tertiary alicyclic amines) is 1. The number of carbonyl (C=O) groups excluding carboxylic acids is 1. The molecule has 1 aromatic heterocycles. The zero-order valence-corrected chi connectivity index (χ0v) is 12.6. The molecule has 1 saturated heterocycles. The summed E-state index contributed by atoms with van der Waals surface area (Å²) in [6.45, 7) is 2.35. The fourth-order valence-corrected chi connectivity index (χ4v) is 3.09. The summed E-state index contributed by atoms with van der Waals surface area (Å²) in [5.74, 6) is 1.68. The second-order valence-corrected chi connectivity index (χ2v) is 6.43. The van der Waals surface area contributed by atoms with E-state index < -0.39 is 0 Å². The van der Waals surface area contributed by atoms with Crippen LogP contribution >= 0.6 is 0 Å². The number of nitrogens with zero attached hydrogens (tertiary/aromatic N) is 2. The summed E-state index contributed by atoms with van der Waals surface area (Å²) in [5, 5.41) is 3.05. The van der Waals surface area contributed by atoms with Gasteiger partial charge in [0, 0.05) is 19.6 Å². The van der Waals surface area contributed by atoms with E-state index in [4.69, 9.17) is 4.42 Å². The van der Waals surface area contributed by atoms with Gasteiger partial charge in [0.15, 0.2) is 11.5 Å². The van der Waals surface area contributed by atoms with Gasteiger partial charge in [0.05, 0.1) is 5.92 Å². The largest absolute Gasteiger partial charge is 0.440 e. The number of benzene rings is 1. The molecule has 1 unspecified atom stereocenters. The summed E-state index contributed by atoms with van der Waals surface area (Å²) in [7, 11) is 0. The van der Waals surface area contributed by atoms with Gasteiger partial charge in [0.2, 0.25) is 0 Å². The second kappa shape index (κ2) is 5.63. The minimum Gasteiger partial charge on any atom is -0.440 e. The highest BCUT2D eigenvalue weighted by molar-refractivity contribution is 5.74. The minimum absolute atomic E-state index is 0.0627. The number of carbonyl (C=O) groups is 1. The molecule has 2 aliphatic rings. The standard InChI is InChI=1S/C17H21N3O2/c21-17(18-10-12-7-8-12)20-9-3-4-13(11-20)16-19-14-5-1-2-6-15(14)22-16/h1-2,5-6,12-13H,3-4,7-11H2,(H,18,21). The Balaban J connectivity index is 1.44. The lowest BCUT2D eigenvalue weighted by Gasteiger charge is -2.31. The van der Waals surface area contributed by atoms with Crippen LogP contribution in [0, 0.1) is 5.92 Å². The number of nitrogens with one attached hydrogen (secondary N) is 1. The van der Waals surface area contributed by atoms with Crippen LogP contribution in [0.5, 0.6) is 0 Å². The van der Waals surface area contributed by atoms with Crippen molar-refractivity contribution in [1.82, 2.24) is 15.2 Å². The molecule has 22 heavy (non-hydrogen) atoms. The van der Waals surface area contributed by atoms with Crippen molar-refractivity contribution in [1.29, 1.82) is 0 Å². The van der Waals surface area contributed by atoms with Crippen LogP contribution < -0.4 is 5.32 Å². The van der Waals surface area contributed by atoms with Gasteiger partial charge in [-0.25, -0.2) is 9.78 Å². The molecule has 2 amide bonds. The lowest BCUT2D eigenvalue weighted by Crippen LogP contribution is -2.45. The zero-order chi connectivity index (χ0) is 14.9. The van der Waals surface area contributed by atoms with E-state index in [-0.39, 0.29) is 11.9 Å². The third-order valence-electron chi connectivity index (χ3n) is 4.61. The molecular weight excluding hydrogens is 278 g/mol. The highest BCUT2D eigenvalue weighted by Crippen LogP contribution is 2.30. The first-order chi connectivity index (χ1) is 10.8. The third-order valence-corrected chi connectivity index (χ3v) is 4.61. The average molecular weight is 299 g/mol. The Labute approximate surface area is 129 Å². The molecule has 2 fully saturated rings. The van der Waals surface area contributed by atoms with Gasteiger partial charge in [-0.15, -0.1) is 0 Å². The van der Waals surface area contributed by atoms with Crippen molar-refractivity contribution in [2.45, 2.75) is 31.6 Å². The van der Waals surface area contributed by atoms with Crippen molar-refractivity contribution in [3.63, 3.8) is 0 Å². The zero-order valence-electron chi connectivity index (χ0n) is 12.6. The number of aromatic nitrogens is 1. The number of amides is 2. The Morgan fingerprint density at radius 3 is 3.00 bits per heavy atom. The predicted molar refractivity (Wildman–Crippen MR) is 83.7 cm³/mol. The van der Waals surface area contributed by atoms with Crippen LogP contribution in [-0.2, 0) is 0 Å². The number of hydrogen-bond acceptors (Lipinski definition) is 3. The molecule has 1 aromatic carbocycles. The maximum atomic E-state index is 12.2. The van der Waals surface area contributed by atoms with Crippen molar-refractivity contribution in [2.24, 2.45) is 5.92 Å². The van der Waals surface area contributed by atoms with Crippen molar-refractivity contribution < 1.29 is 9.21 Å². The highest BCUT2D eigenvalue weighted by atomic mass is 16.3. The molecule has 1 saturated carbocycles. The Morgan fingerprint density at radius 1 is 1.32 bits per heavy atom. The summed E-state index contributed by atoms with van der Waals surface area (Å²) < 4.78 is 5.87. The van der Waals surface area contributed by atoms with Crippen LogP contribution in [0.4, 0.5) is 4.79 Å². The maximum absolute atomic E-state index is 12.2. The number of urea groups is 1. The van der Waals surface area contributed by atoms with Gasteiger partial charge in [-0.3, -0.25) is 0 Å². The average Bonchev–Trinajstić information content (AvgIpc) is 3.29. The van der Waals surface area contributed by atoms with Crippen molar-refractivity contribution in [3.05, 3.63) is 30.2 Å². The van der Waals surface area contributed by atoms with Crippen LogP contribution in [0.15, 0.2) is 28.7 Å². The number of hydrogen-bond donors (Lipinski definition) is 1. The van der Waals surface area contributed by atoms with E-state index in [0.717, 1.165) is 42.9 Å². The van der Waals surface area contributed by atoms with Crippen molar-refractivity contribution in [2.75, 3.05) is 19.6 Å². The minimum atomic E-state index is 0.0627. The summed E-state index contributed by atoms with van der Waals surface area (Å²) >= 11 is 0. The van der Waals surface area contributed by atoms with Crippen LogP contribution in [-0.4, -0.2) is 35.5 Å². The molecule has 1 aliphatic carbocycles. The van der Waals surface area contributed by atoms with E-state index in [1.165, 1.54) is 12.8 Å². The fourth-order valence-electron chi connectivity index (χ4n) is 3.09. The molecule has 116 valence electrons. The number of rotatable bonds is 3. The van der Waals surface area contributed by atoms with Gasteiger partial charge in [0.25, 0.3) is 0 Å². The van der Waals surface area contributed by atoms with E-state index in [1.807, 2.05) is 29.2 Å². The predicted octanol–water partition coefficient (Wildman–Crippen LogP) is 3.13. The van der Waals surface area contributed by atoms with Crippen LogP contribution in [0.2, 0.25) is 0 Å². The van der Waals surface area contributed by atoms with Gasteiger partial charge < -0.3 is 14.6 Å². The van der Waals surface area contributed by atoms with Crippen LogP contribution in [0.1, 0.15) is 37.5 Å². The first kappa shape index (κ1) is 13.6. The van der Waals surface area contributed by atoms with E-state index >= 15 is 0 Å². The molecule has 2 aromatic rings. The van der Waals surface area contributed by atoms with Crippen molar-refractivity contribution in [3.8, 4) is 0 Å². The number of piperidine rings is 1. The molecule has 5 nitrogen and oxygen atoms in total. The van der Waals surface area contributed by atoms with Crippen molar-refractivity contribution >= 4 is 17.1 Å². The Hall–Kier alpha value is -2.04. The lowest BCUT2D eigenvalue weighted by atomic mass is 9.98. The first-order valence-electron chi connectivity index (χ1n) is 8.18. The lowest BCUT2D eigenvalue weighted by molar-refractivity contribution is 0.174. The molecule has 2 heterocycles. The SMILES string of the molecule is O=C(NCC1CC1)N1CCCC(c2nc3ccccc3o2)C1. The molecule has 1 N–H and O–H groups in total. The molecule has 1 atom stereocenters. The highest BCUT2D eigenvalue weighted by Gasteiger charge is 2.29. The third kappa shape index (κ3) is 2.80. The molecule has 0 spiro atoms. The topological polar surface area (TPSA) is 58.4 Å². The quantitative estimate of drug-likeness (QED) is 0.947. The van der Waals surface area contributed by atoms with E-state index in [2.05, 4.69) is 10.3 Å². The summed E-state index contributed by atoms with van der Waals surface area (Å²) in [5.41, 5.74) is 1.72. The number of para-hydroxylation sites is 2. The van der Waals surface area contributed by atoms with Crippen LogP contribution in [0.25, 0.3) is 11.1 Å². The Bertz CT molecular complexity index is 644. The molecule has 5 heteroatoms. The Morgan fingerprint density at radius 2 is 2.18 bits per heavy atom. The first-order valence-corrected chi connectivity index (χ1v) is 8.18. The van der Waals surface area contributed by atoms with E-state index in [9.17, 15) is 4.79 Å². The Kier molecular flexibility index (Phi) is 3.48. The normalized spacial score (nSPS) is 22.0. The molecule has 0 radical (unpaired) electrons. The second-order valence-electron chi connectivity index (χ2n) is 6.43. The monoisotopic (exact) mass is 299 g/mol. The van der Waals surface area contributed by atoms with E-state index in [1.54, 1.807) is 0 Å². The summed E-state index contributed by atoms with van der Waals surface area (Å²) in [4.78, 5) is 18.7. The van der Waals surface area contributed by atoms with Gasteiger partial charge in [0.1, 0.15) is 5.52 Å². The molecule has 4 rings (SSSR count). The van der Waals surface area contributed by atoms with Crippen LogP contribution in [0.3, 0.4) is 0 Å². The molecular formula is C17H21N3O2. The van der Waals surface area contributed by atoms with E-state index in [0.29, 0.717) is 12.5 Å². The van der Waals surface area contributed by atoms with Gasteiger partial charge in [-0.1, -0.05) is 12.1 Å². The fraction of sp³-hybridized carbons (Fsp3) is 0.529.